The number of ether oxygens (including phenoxy) is 1. The minimum Gasteiger partial charge on any atom is -0.376 e. The summed E-state index contributed by atoms with van der Waals surface area (Å²) in [6.07, 6.45) is 6.63. The lowest BCUT2D eigenvalue weighted by molar-refractivity contribution is 0.00583. The molecular weight excluding hydrogens is 178 g/mol. The first kappa shape index (κ1) is 9.46. The average molecular weight is 193 g/mol. The van der Waals surface area contributed by atoms with Gasteiger partial charge in [-0.25, -0.2) is 0 Å². The third kappa shape index (κ3) is 2.04. The van der Waals surface area contributed by atoms with Gasteiger partial charge in [0.1, 0.15) is 0 Å². The van der Waals surface area contributed by atoms with Crippen molar-refractivity contribution in [1.82, 2.24) is 4.57 Å². The second-order valence-corrected chi connectivity index (χ2v) is 3.69. The molecule has 1 unspecified atom stereocenters. The van der Waals surface area contributed by atoms with Crippen molar-refractivity contribution in [2.75, 3.05) is 6.61 Å². The Morgan fingerprint density at radius 1 is 1.57 bits per heavy atom. The minimum absolute atomic E-state index is 0.287. The van der Waals surface area contributed by atoms with Gasteiger partial charge in [-0.3, -0.25) is 4.79 Å². The van der Waals surface area contributed by atoms with E-state index in [1.807, 2.05) is 22.9 Å². The first-order valence-corrected chi connectivity index (χ1v) is 5.12. The van der Waals surface area contributed by atoms with Crippen molar-refractivity contribution >= 4 is 6.29 Å². The molecule has 1 aliphatic heterocycles. The van der Waals surface area contributed by atoms with Gasteiger partial charge in [-0.1, -0.05) is 0 Å². The van der Waals surface area contributed by atoms with Crippen molar-refractivity contribution in [2.24, 2.45) is 0 Å². The van der Waals surface area contributed by atoms with Crippen molar-refractivity contribution in [1.29, 1.82) is 0 Å². The Balaban J connectivity index is 1.98. The van der Waals surface area contributed by atoms with Gasteiger partial charge >= 0.3 is 0 Å². The van der Waals surface area contributed by atoms with Gasteiger partial charge in [-0.2, -0.15) is 0 Å². The van der Waals surface area contributed by atoms with Gasteiger partial charge in [0.25, 0.3) is 0 Å². The van der Waals surface area contributed by atoms with Crippen molar-refractivity contribution in [3.8, 4) is 0 Å². The number of aromatic nitrogens is 1. The van der Waals surface area contributed by atoms with E-state index in [1.54, 1.807) is 0 Å². The zero-order chi connectivity index (χ0) is 9.80. The van der Waals surface area contributed by atoms with Crippen LogP contribution in [0.2, 0.25) is 0 Å². The Bertz CT molecular complexity index is 300. The van der Waals surface area contributed by atoms with E-state index in [0.717, 1.165) is 31.6 Å². The van der Waals surface area contributed by atoms with Gasteiger partial charge in [0, 0.05) is 19.3 Å². The summed E-state index contributed by atoms with van der Waals surface area (Å²) in [6, 6.07) is 3.72. The third-order valence-corrected chi connectivity index (χ3v) is 2.66. The van der Waals surface area contributed by atoms with Crippen molar-refractivity contribution < 1.29 is 9.53 Å². The summed E-state index contributed by atoms with van der Waals surface area (Å²) in [6.45, 7) is 1.67. The van der Waals surface area contributed by atoms with Crippen LogP contribution in [0.15, 0.2) is 18.3 Å². The van der Waals surface area contributed by atoms with Crippen molar-refractivity contribution in [3.63, 3.8) is 0 Å². The molecule has 14 heavy (non-hydrogen) atoms. The van der Waals surface area contributed by atoms with Crippen molar-refractivity contribution in [2.45, 2.75) is 31.9 Å². The molecule has 76 valence electrons. The van der Waals surface area contributed by atoms with Crippen LogP contribution in [0.25, 0.3) is 0 Å². The molecule has 1 aliphatic rings. The zero-order valence-electron chi connectivity index (χ0n) is 8.19. The molecule has 1 atom stereocenters. The van der Waals surface area contributed by atoms with Crippen molar-refractivity contribution in [3.05, 3.63) is 24.0 Å². The number of hydrogen-bond acceptors (Lipinski definition) is 2. The average Bonchev–Trinajstić information content (AvgIpc) is 2.67. The van der Waals surface area contributed by atoms with E-state index in [4.69, 9.17) is 4.74 Å². The lowest BCUT2D eigenvalue weighted by atomic mass is 10.1. The Morgan fingerprint density at radius 2 is 2.50 bits per heavy atom. The highest BCUT2D eigenvalue weighted by Crippen LogP contribution is 2.15. The second-order valence-electron chi connectivity index (χ2n) is 3.69. The van der Waals surface area contributed by atoms with E-state index in [1.165, 1.54) is 12.8 Å². The predicted molar refractivity (Wildman–Crippen MR) is 53.4 cm³/mol. The molecule has 1 aromatic rings. The van der Waals surface area contributed by atoms with Crippen LogP contribution in [0.3, 0.4) is 0 Å². The number of nitrogens with zero attached hydrogens (tertiary/aromatic N) is 1. The van der Waals surface area contributed by atoms with Crippen LogP contribution >= 0.6 is 0 Å². The molecule has 0 amide bonds. The molecule has 0 bridgehead atoms. The quantitative estimate of drug-likeness (QED) is 0.686. The summed E-state index contributed by atoms with van der Waals surface area (Å²) in [7, 11) is 0. The van der Waals surface area contributed by atoms with E-state index in [2.05, 4.69) is 0 Å². The van der Waals surface area contributed by atoms with Crippen LogP contribution in [0.4, 0.5) is 0 Å². The SMILES string of the molecule is O=Cc1cccn1CC1CCCCO1. The molecule has 2 heterocycles. The molecule has 2 rings (SSSR count). The predicted octanol–water partition coefficient (Wildman–Crippen LogP) is 1.87. The summed E-state index contributed by atoms with van der Waals surface area (Å²) < 4.78 is 7.58. The summed E-state index contributed by atoms with van der Waals surface area (Å²) in [4.78, 5) is 10.7. The molecule has 0 aliphatic carbocycles. The molecule has 0 radical (unpaired) electrons. The number of rotatable bonds is 3. The van der Waals surface area contributed by atoms with Crippen LogP contribution in [0, 0.1) is 0 Å². The standard InChI is InChI=1S/C11H15NO2/c13-9-10-4-3-6-12(10)8-11-5-1-2-7-14-11/h3-4,6,9,11H,1-2,5,7-8H2. The highest BCUT2D eigenvalue weighted by atomic mass is 16.5. The molecular formula is C11H15NO2. The number of aldehydes is 1. The minimum atomic E-state index is 0.287. The topological polar surface area (TPSA) is 31.2 Å². The molecule has 0 aromatic carbocycles. The van der Waals surface area contributed by atoms with E-state index in [-0.39, 0.29) is 6.10 Å². The monoisotopic (exact) mass is 193 g/mol. The number of carbonyl (C=O) groups excluding carboxylic acids is 1. The van der Waals surface area contributed by atoms with Gasteiger partial charge in [0.2, 0.25) is 0 Å². The molecule has 0 saturated carbocycles. The first-order valence-electron chi connectivity index (χ1n) is 5.12. The van der Waals surface area contributed by atoms with E-state index in [9.17, 15) is 4.79 Å². The second kappa shape index (κ2) is 4.42. The third-order valence-electron chi connectivity index (χ3n) is 2.66. The van der Waals surface area contributed by atoms with E-state index in [0.29, 0.717) is 0 Å². The van der Waals surface area contributed by atoms with E-state index < -0.39 is 0 Å². The Labute approximate surface area is 83.7 Å². The Morgan fingerprint density at radius 3 is 3.21 bits per heavy atom. The van der Waals surface area contributed by atoms with Gasteiger partial charge in [-0.05, 0) is 31.4 Å². The fourth-order valence-corrected chi connectivity index (χ4v) is 1.87. The van der Waals surface area contributed by atoms with Gasteiger partial charge in [-0.15, -0.1) is 0 Å². The normalized spacial score (nSPS) is 22.1. The highest BCUT2D eigenvalue weighted by Gasteiger charge is 2.14. The van der Waals surface area contributed by atoms with Crippen LogP contribution in [0.5, 0.6) is 0 Å². The van der Waals surface area contributed by atoms with Gasteiger partial charge in [0.15, 0.2) is 6.29 Å². The van der Waals surface area contributed by atoms with Crippen LogP contribution in [-0.2, 0) is 11.3 Å². The van der Waals surface area contributed by atoms with E-state index >= 15 is 0 Å². The highest BCUT2D eigenvalue weighted by molar-refractivity contribution is 5.72. The largest absolute Gasteiger partial charge is 0.376 e. The number of carbonyl (C=O) groups is 1. The van der Waals surface area contributed by atoms with Gasteiger partial charge < -0.3 is 9.30 Å². The molecule has 0 N–H and O–H groups in total. The fourth-order valence-electron chi connectivity index (χ4n) is 1.87. The Hall–Kier alpha value is -1.09. The molecule has 3 heteroatoms. The fraction of sp³-hybridized carbons (Fsp3) is 0.545. The summed E-state index contributed by atoms with van der Waals surface area (Å²) >= 11 is 0. The molecule has 1 saturated heterocycles. The first-order chi connectivity index (χ1) is 6.90. The van der Waals surface area contributed by atoms with Crippen LogP contribution in [-0.4, -0.2) is 23.6 Å². The maximum Gasteiger partial charge on any atom is 0.166 e. The lowest BCUT2D eigenvalue weighted by Gasteiger charge is -2.23. The Kier molecular flexibility index (Phi) is 2.99. The molecule has 1 fully saturated rings. The molecule has 1 aromatic heterocycles. The van der Waals surface area contributed by atoms with Gasteiger partial charge in [0.05, 0.1) is 11.8 Å². The maximum atomic E-state index is 10.7. The maximum absolute atomic E-state index is 10.7. The summed E-state index contributed by atoms with van der Waals surface area (Å²) in [5.74, 6) is 0. The molecule has 0 spiro atoms. The molecule has 3 nitrogen and oxygen atoms in total. The lowest BCUT2D eigenvalue weighted by Crippen LogP contribution is -2.24. The summed E-state index contributed by atoms with van der Waals surface area (Å²) in [5, 5.41) is 0. The number of hydrogen-bond donors (Lipinski definition) is 0. The zero-order valence-corrected chi connectivity index (χ0v) is 8.19. The summed E-state index contributed by atoms with van der Waals surface area (Å²) in [5.41, 5.74) is 0.735. The van der Waals surface area contributed by atoms with Crippen LogP contribution < -0.4 is 0 Å². The smallest absolute Gasteiger partial charge is 0.166 e. The van der Waals surface area contributed by atoms with Crippen LogP contribution in [0.1, 0.15) is 29.8 Å².